The molecule has 0 spiro atoms. The summed E-state index contributed by atoms with van der Waals surface area (Å²) < 4.78 is 6.80. The molecule has 0 saturated carbocycles. The number of furan rings is 1. The second-order valence-corrected chi connectivity index (χ2v) is 8.05. The number of rotatable bonds is 3. The van der Waals surface area contributed by atoms with E-state index in [2.05, 4.69) is 26.2 Å². The first kappa shape index (κ1) is 18.1. The molecule has 1 saturated heterocycles. The van der Waals surface area contributed by atoms with Gasteiger partial charge in [-0.1, -0.05) is 39.7 Å². The molecular weight excluding hydrogens is 448 g/mol. The maximum Gasteiger partial charge on any atom is 0.264 e. The summed E-state index contributed by atoms with van der Waals surface area (Å²) in [7, 11) is 0. The molecule has 1 aromatic heterocycles. The first-order chi connectivity index (χ1) is 13.1. The van der Waals surface area contributed by atoms with Crippen LogP contribution < -0.4 is 5.32 Å². The molecule has 2 aromatic carbocycles. The monoisotopic (exact) mass is 458 g/mol. The fourth-order valence-corrected chi connectivity index (χ4v) is 3.75. The maximum atomic E-state index is 12.2. The molecule has 1 N–H and O–H groups in total. The van der Waals surface area contributed by atoms with Gasteiger partial charge >= 0.3 is 0 Å². The molecule has 0 aliphatic carbocycles. The Hall–Kier alpha value is -2.28. The molecule has 0 bridgehead atoms. The minimum Gasteiger partial charge on any atom is -0.457 e. The normalized spacial score (nSPS) is 16.9. The van der Waals surface area contributed by atoms with Gasteiger partial charge in [-0.3, -0.25) is 4.79 Å². The summed E-state index contributed by atoms with van der Waals surface area (Å²) in [6, 6.07) is 18.6. The van der Waals surface area contributed by atoms with Gasteiger partial charge in [0.2, 0.25) is 0 Å². The van der Waals surface area contributed by atoms with Crippen molar-refractivity contribution in [2.24, 2.45) is 4.99 Å². The highest BCUT2D eigenvalue weighted by atomic mass is 79.9. The van der Waals surface area contributed by atoms with Crippen molar-refractivity contribution in [3.63, 3.8) is 0 Å². The van der Waals surface area contributed by atoms with Crippen LogP contribution in [0.1, 0.15) is 5.76 Å². The van der Waals surface area contributed by atoms with E-state index < -0.39 is 0 Å². The number of nitrogens with one attached hydrogen (secondary N) is 1. The molecule has 0 radical (unpaired) electrons. The molecule has 1 aliphatic heterocycles. The Morgan fingerprint density at radius 1 is 1.11 bits per heavy atom. The number of thioether (sulfide) groups is 1. The lowest BCUT2D eigenvalue weighted by Crippen LogP contribution is -2.19. The lowest BCUT2D eigenvalue weighted by atomic mass is 10.2. The smallest absolute Gasteiger partial charge is 0.264 e. The van der Waals surface area contributed by atoms with Gasteiger partial charge in [0.1, 0.15) is 11.5 Å². The van der Waals surface area contributed by atoms with Crippen molar-refractivity contribution in [1.82, 2.24) is 5.32 Å². The van der Waals surface area contributed by atoms with E-state index in [9.17, 15) is 4.79 Å². The van der Waals surface area contributed by atoms with Crippen molar-refractivity contribution in [3.8, 4) is 11.3 Å². The summed E-state index contributed by atoms with van der Waals surface area (Å²) in [6.07, 6.45) is 1.71. The van der Waals surface area contributed by atoms with Crippen LogP contribution in [0.3, 0.4) is 0 Å². The number of benzene rings is 2. The molecule has 3 aromatic rings. The summed E-state index contributed by atoms with van der Waals surface area (Å²) in [5.74, 6) is 1.08. The zero-order valence-corrected chi connectivity index (χ0v) is 16.9. The first-order valence-electron chi connectivity index (χ1n) is 7.98. The number of amidine groups is 1. The van der Waals surface area contributed by atoms with Crippen LogP contribution in [0, 0.1) is 0 Å². The molecule has 1 amide bonds. The van der Waals surface area contributed by atoms with Gasteiger partial charge in [0.25, 0.3) is 5.91 Å². The van der Waals surface area contributed by atoms with Gasteiger partial charge in [0, 0.05) is 21.1 Å². The van der Waals surface area contributed by atoms with Gasteiger partial charge in [-0.15, -0.1) is 0 Å². The number of aliphatic imine (C=N–C) groups is 1. The van der Waals surface area contributed by atoms with Gasteiger partial charge in [-0.25, -0.2) is 4.99 Å². The van der Waals surface area contributed by atoms with E-state index in [1.807, 2.05) is 60.7 Å². The lowest BCUT2D eigenvalue weighted by molar-refractivity contribution is -0.115. The Bertz CT molecular complexity index is 1070. The highest BCUT2D eigenvalue weighted by Gasteiger charge is 2.24. The predicted molar refractivity (Wildman–Crippen MR) is 114 cm³/mol. The summed E-state index contributed by atoms with van der Waals surface area (Å²) in [5, 5.41) is 3.95. The Morgan fingerprint density at radius 3 is 2.70 bits per heavy atom. The largest absolute Gasteiger partial charge is 0.457 e. The highest BCUT2D eigenvalue weighted by molar-refractivity contribution is 9.10. The van der Waals surface area contributed by atoms with Crippen LogP contribution in [0.25, 0.3) is 17.4 Å². The average Bonchev–Trinajstić information content (AvgIpc) is 3.24. The minimum atomic E-state index is -0.198. The van der Waals surface area contributed by atoms with Crippen LogP contribution in [-0.4, -0.2) is 11.1 Å². The molecule has 1 aliphatic rings. The molecule has 1 fully saturated rings. The van der Waals surface area contributed by atoms with Crippen LogP contribution in [0.15, 0.2) is 79.5 Å². The number of halogens is 2. The zero-order valence-electron chi connectivity index (χ0n) is 13.8. The van der Waals surface area contributed by atoms with Crippen molar-refractivity contribution in [2.45, 2.75) is 0 Å². The molecule has 0 atom stereocenters. The van der Waals surface area contributed by atoms with E-state index in [1.54, 1.807) is 6.08 Å². The average molecular weight is 460 g/mol. The third-order valence-electron chi connectivity index (χ3n) is 3.72. The second kappa shape index (κ2) is 7.76. The number of hydrogen-bond donors (Lipinski definition) is 1. The summed E-state index contributed by atoms with van der Waals surface area (Å²) in [6.45, 7) is 0. The molecule has 27 heavy (non-hydrogen) atoms. The van der Waals surface area contributed by atoms with Crippen molar-refractivity contribution >= 4 is 62.1 Å². The molecule has 2 heterocycles. The molecule has 0 unspecified atom stereocenters. The first-order valence-corrected chi connectivity index (χ1v) is 9.96. The Kier molecular flexibility index (Phi) is 5.20. The Morgan fingerprint density at radius 2 is 1.93 bits per heavy atom. The molecule has 7 heteroatoms. The van der Waals surface area contributed by atoms with E-state index in [0.717, 1.165) is 15.7 Å². The number of nitrogens with zero attached hydrogens (tertiary/aromatic N) is 1. The number of amides is 1. The van der Waals surface area contributed by atoms with Gasteiger partial charge in [-0.2, -0.15) is 0 Å². The van der Waals surface area contributed by atoms with Crippen LogP contribution >= 0.6 is 39.3 Å². The lowest BCUT2D eigenvalue weighted by Gasteiger charge is -1.97. The van der Waals surface area contributed by atoms with Crippen LogP contribution in [0.2, 0.25) is 5.02 Å². The molecular formula is C20H12BrClN2O2S. The van der Waals surface area contributed by atoms with E-state index in [-0.39, 0.29) is 5.91 Å². The van der Waals surface area contributed by atoms with Crippen molar-refractivity contribution < 1.29 is 9.21 Å². The fourth-order valence-electron chi connectivity index (χ4n) is 2.47. The topological polar surface area (TPSA) is 54.6 Å². The van der Waals surface area contributed by atoms with Gasteiger partial charge in [0.15, 0.2) is 5.17 Å². The van der Waals surface area contributed by atoms with Crippen LogP contribution in [-0.2, 0) is 4.79 Å². The molecule has 134 valence electrons. The number of hydrogen-bond acceptors (Lipinski definition) is 4. The number of carbonyl (C=O) groups is 1. The highest BCUT2D eigenvalue weighted by Crippen LogP contribution is 2.30. The SMILES string of the molecule is O=C1NC(=Nc2ccc(Br)cc2)S/C1=C/c1ccc(-c2cccc(Cl)c2)o1. The molecule has 4 rings (SSSR count). The maximum absolute atomic E-state index is 12.2. The summed E-state index contributed by atoms with van der Waals surface area (Å²) in [5.41, 5.74) is 1.65. The van der Waals surface area contributed by atoms with Crippen molar-refractivity contribution in [2.75, 3.05) is 0 Å². The Balaban J connectivity index is 1.54. The Labute approximate surface area is 173 Å². The predicted octanol–water partition coefficient (Wildman–Crippen LogP) is 6.25. The third-order valence-corrected chi connectivity index (χ3v) is 5.39. The summed E-state index contributed by atoms with van der Waals surface area (Å²) >= 11 is 10.7. The van der Waals surface area contributed by atoms with Crippen molar-refractivity contribution in [1.29, 1.82) is 0 Å². The summed E-state index contributed by atoms with van der Waals surface area (Å²) in [4.78, 5) is 17.2. The minimum absolute atomic E-state index is 0.198. The second-order valence-electron chi connectivity index (χ2n) is 5.67. The van der Waals surface area contributed by atoms with Crippen LogP contribution in [0.5, 0.6) is 0 Å². The van der Waals surface area contributed by atoms with E-state index in [4.69, 9.17) is 16.0 Å². The van der Waals surface area contributed by atoms with E-state index in [1.165, 1.54) is 11.8 Å². The third kappa shape index (κ3) is 4.35. The van der Waals surface area contributed by atoms with Gasteiger partial charge < -0.3 is 9.73 Å². The fraction of sp³-hybridized carbons (Fsp3) is 0. The zero-order chi connectivity index (χ0) is 18.8. The van der Waals surface area contributed by atoms with Crippen molar-refractivity contribution in [3.05, 3.63) is 80.8 Å². The van der Waals surface area contributed by atoms with Gasteiger partial charge in [0.05, 0.1) is 10.6 Å². The van der Waals surface area contributed by atoms with Gasteiger partial charge in [-0.05, 0) is 60.3 Å². The van der Waals surface area contributed by atoms with E-state index >= 15 is 0 Å². The molecule has 4 nitrogen and oxygen atoms in total. The number of carbonyl (C=O) groups excluding carboxylic acids is 1. The van der Waals surface area contributed by atoms with E-state index in [0.29, 0.717) is 26.6 Å². The van der Waals surface area contributed by atoms with Crippen LogP contribution in [0.4, 0.5) is 5.69 Å². The quantitative estimate of drug-likeness (QED) is 0.471. The standard InChI is InChI=1S/C20H12BrClN2O2S/c21-13-4-6-15(7-5-13)23-20-24-19(25)18(27-20)11-16-8-9-17(26-16)12-2-1-3-14(22)10-12/h1-11H,(H,23,24,25)/b18-11+.